The van der Waals surface area contributed by atoms with Crippen molar-refractivity contribution < 1.29 is 13.6 Å². The predicted molar refractivity (Wildman–Crippen MR) is 112 cm³/mol. The Morgan fingerprint density at radius 2 is 1.50 bits per heavy atom. The number of nitrogens with zero attached hydrogens (tertiary/aromatic N) is 4. The maximum atomic E-state index is 13.2. The number of nitrogens with one attached hydrogen (secondary N) is 1. The van der Waals surface area contributed by atoms with E-state index in [-0.39, 0.29) is 24.1 Å². The number of carbonyl (C=O) groups is 1. The number of halogens is 2. The van der Waals surface area contributed by atoms with Gasteiger partial charge in [-0.2, -0.15) is 5.10 Å². The molecule has 0 aliphatic carbocycles. The maximum Gasteiger partial charge on any atom is 0.239 e. The number of piperazine rings is 1. The van der Waals surface area contributed by atoms with Gasteiger partial charge in [0.2, 0.25) is 5.91 Å². The lowest BCUT2D eigenvalue weighted by atomic mass is 10.2. The van der Waals surface area contributed by atoms with Crippen LogP contribution in [0.2, 0.25) is 0 Å². The number of rotatable bonds is 5. The van der Waals surface area contributed by atoms with Crippen LogP contribution in [-0.2, 0) is 4.79 Å². The molecule has 0 atom stereocenters. The highest BCUT2D eigenvalue weighted by molar-refractivity contribution is 5.91. The highest BCUT2D eigenvalue weighted by atomic mass is 19.1. The molecule has 30 heavy (non-hydrogen) atoms. The van der Waals surface area contributed by atoms with Crippen LogP contribution in [0.5, 0.6) is 0 Å². The van der Waals surface area contributed by atoms with E-state index in [2.05, 4.69) is 20.2 Å². The summed E-state index contributed by atoms with van der Waals surface area (Å²) in [5, 5.41) is 7.30. The molecule has 1 saturated heterocycles. The summed E-state index contributed by atoms with van der Waals surface area (Å²) in [6, 6.07) is 14.2. The summed E-state index contributed by atoms with van der Waals surface area (Å²) in [5.74, 6) is -0.153. The van der Waals surface area contributed by atoms with Gasteiger partial charge >= 0.3 is 0 Å². The molecule has 1 fully saturated rings. The van der Waals surface area contributed by atoms with E-state index < -0.39 is 0 Å². The number of hydrogen-bond donors (Lipinski definition) is 1. The van der Waals surface area contributed by atoms with Gasteiger partial charge in [0, 0.05) is 37.9 Å². The maximum absolute atomic E-state index is 13.2. The third-order valence-corrected chi connectivity index (χ3v) is 5.10. The van der Waals surface area contributed by atoms with E-state index >= 15 is 0 Å². The van der Waals surface area contributed by atoms with Crippen molar-refractivity contribution in [2.24, 2.45) is 0 Å². The van der Waals surface area contributed by atoms with E-state index in [1.807, 2.05) is 6.92 Å². The Bertz CT molecular complexity index is 1010. The Hall–Kier alpha value is -3.26. The van der Waals surface area contributed by atoms with Crippen molar-refractivity contribution >= 4 is 17.4 Å². The monoisotopic (exact) mass is 411 g/mol. The molecule has 0 bridgehead atoms. The van der Waals surface area contributed by atoms with Gasteiger partial charge in [0.05, 0.1) is 17.9 Å². The number of benzene rings is 2. The molecule has 1 N–H and O–H groups in total. The van der Waals surface area contributed by atoms with Crippen LogP contribution in [0, 0.1) is 18.6 Å². The Morgan fingerprint density at radius 1 is 0.933 bits per heavy atom. The third-order valence-electron chi connectivity index (χ3n) is 5.10. The first kappa shape index (κ1) is 20.0. The first-order valence-corrected chi connectivity index (χ1v) is 9.83. The van der Waals surface area contributed by atoms with Crippen molar-refractivity contribution in [3.8, 4) is 5.69 Å². The van der Waals surface area contributed by atoms with Crippen LogP contribution < -0.4 is 10.2 Å². The molecule has 1 amide bonds. The van der Waals surface area contributed by atoms with Gasteiger partial charge in [-0.25, -0.2) is 13.5 Å². The second kappa shape index (κ2) is 8.62. The predicted octanol–water partition coefficient (Wildman–Crippen LogP) is 3.22. The summed E-state index contributed by atoms with van der Waals surface area (Å²) in [5.41, 5.74) is 2.41. The van der Waals surface area contributed by atoms with Gasteiger partial charge in [-0.15, -0.1) is 0 Å². The standard InChI is InChI=1S/C22H23F2N5O/c1-16-14-21(29(26-16)20-8-4-18(24)5-9-20)25-22(30)15-27-10-12-28(13-11-27)19-6-2-17(23)3-7-19/h2-9,14H,10-13,15H2,1H3,(H,25,30). The number of aryl methyl sites for hydroxylation is 1. The van der Waals surface area contributed by atoms with Crippen LogP contribution in [0.1, 0.15) is 5.69 Å². The van der Waals surface area contributed by atoms with Crippen molar-refractivity contribution in [3.63, 3.8) is 0 Å². The fourth-order valence-electron chi connectivity index (χ4n) is 3.57. The lowest BCUT2D eigenvalue weighted by Crippen LogP contribution is -2.48. The lowest BCUT2D eigenvalue weighted by Gasteiger charge is -2.35. The molecular weight excluding hydrogens is 388 g/mol. The fourth-order valence-corrected chi connectivity index (χ4v) is 3.57. The van der Waals surface area contributed by atoms with Crippen LogP contribution in [0.3, 0.4) is 0 Å². The lowest BCUT2D eigenvalue weighted by molar-refractivity contribution is -0.117. The third kappa shape index (κ3) is 4.65. The average Bonchev–Trinajstić information content (AvgIpc) is 3.09. The largest absolute Gasteiger partial charge is 0.369 e. The van der Waals surface area contributed by atoms with Crippen LogP contribution in [-0.4, -0.2) is 53.3 Å². The van der Waals surface area contributed by atoms with Crippen molar-refractivity contribution in [2.45, 2.75) is 6.92 Å². The Kier molecular flexibility index (Phi) is 5.76. The summed E-state index contributed by atoms with van der Waals surface area (Å²) in [6.07, 6.45) is 0. The smallest absolute Gasteiger partial charge is 0.239 e. The molecule has 2 heterocycles. The molecule has 6 nitrogen and oxygen atoms in total. The molecule has 1 aliphatic rings. The van der Waals surface area contributed by atoms with E-state index in [0.717, 1.165) is 37.6 Å². The summed E-state index contributed by atoms with van der Waals surface area (Å²) in [7, 11) is 0. The normalized spacial score (nSPS) is 14.7. The molecule has 1 aromatic heterocycles. The second-order valence-electron chi connectivity index (χ2n) is 7.35. The molecular formula is C22H23F2N5O. The average molecular weight is 411 g/mol. The van der Waals surface area contributed by atoms with Crippen LogP contribution >= 0.6 is 0 Å². The highest BCUT2D eigenvalue weighted by Crippen LogP contribution is 2.19. The molecule has 1 aliphatic heterocycles. The van der Waals surface area contributed by atoms with Gasteiger partial charge in [-0.3, -0.25) is 9.69 Å². The van der Waals surface area contributed by atoms with Gasteiger partial charge < -0.3 is 10.2 Å². The molecule has 0 radical (unpaired) electrons. The van der Waals surface area contributed by atoms with Gasteiger partial charge in [-0.1, -0.05) is 0 Å². The van der Waals surface area contributed by atoms with Gasteiger partial charge in [-0.05, 0) is 55.5 Å². The van der Waals surface area contributed by atoms with E-state index in [4.69, 9.17) is 0 Å². The molecule has 2 aromatic carbocycles. The SMILES string of the molecule is Cc1cc(NC(=O)CN2CCN(c3ccc(F)cc3)CC2)n(-c2ccc(F)cc2)n1. The summed E-state index contributed by atoms with van der Waals surface area (Å²) >= 11 is 0. The second-order valence-corrected chi connectivity index (χ2v) is 7.35. The molecule has 4 rings (SSSR count). The topological polar surface area (TPSA) is 53.4 Å². The highest BCUT2D eigenvalue weighted by Gasteiger charge is 2.20. The van der Waals surface area contributed by atoms with E-state index in [0.29, 0.717) is 11.5 Å². The Balaban J connectivity index is 1.35. The first-order valence-electron chi connectivity index (χ1n) is 9.83. The zero-order chi connectivity index (χ0) is 21.1. The summed E-state index contributed by atoms with van der Waals surface area (Å²) in [4.78, 5) is 16.9. The minimum absolute atomic E-state index is 0.131. The zero-order valence-corrected chi connectivity index (χ0v) is 16.7. The first-order chi connectivity index (χ1) is 14.5. The summed E-state index contributed by atoms with van der Waals surface area (Å²) in [6.45, 7) is 5.12. The number of hydrogen-bond acceptors (Lipinski definition) is 4. The van der Waals surface area contributed by atoms with Gasteiger partial charge in [0.25, 0.3) is 0 Å². The molecule has 8 heteroatoms. The molecule has 0 unspecified atom stereocenters. The number of aromatic nitrogens is 2. The van der Waals surface area contributed by atoms with Crippen LogP contribution in [0.15, 0.2) is 54.6 Å². The van der Waals surface area contributed by atoms with Crippen molar-refractivity contribution in [2.75, 3.05) is 42.9 Å². The van der Waals surface area contributed by atoms with Crippen molar-refractivity contribution in [1.82, 2.24) is 14.7 Å². The van der Waals surface area contributed by atoms with Crippen molar-refractivity contribution in [1.29, 1.82) is 0 Å². The van der Waals surface area contributed by atoms with Gasteiger partial charge in [0.1, 0.15) is 17.5 Å². The fraction of sp³-hybridized carbons (Fsp3) is 0.273. The van der Waals surface area contributed by atoms with Crippen molar-refractivity contribution in [3.05, 3.63) is 71.9 Å². The molecule has 156 valence electrons. The molecule has 0 saturated carbocycles. The Labute approximate surface area is 173 Å². The number of anilines is 2. The van der Waals surface area contributed by atoms with E-state index in [1.165, 1.54) is 24.3 Å². The number of amides is 1. The molecule has 3 aromatic rings. The zero-order valence-electron chi connectivity index (χ0n) is 16.7. The number of carbonyl (C=O) groups excluding carboxylic acids is 1. The summed E-state index contributed by atoms with van der Waals surface area (Å²) < 4.78 is 27.9. The minimum Gasteiger partial charge on any atom is -0.369 e. The van der Waals surface area contributed by atoms with Crippen LogP contribution in [0.25, 0.3) is 5.69 Å². The van der Waals surface area contributed by atoms with E-state index in [9.17, 15) is 13.6 Å². The molecule has 0 spiro atoms. The van der Waals surface area contributed by atoms with E-state index in [1.54, 1.807) is 35.0 Å². The quantitative estimate of drug-likeness (QED) is 0.701. The van der Waals surface area contributed by atoms with Crippen LogP contribution in [0.4, 0.5) is 20.3 Å². The minimum atomic E-state index is -0.326. The Morgan fingerprint density at radius 3 is 2.10 bits per heavy atom. The van der Waals surface area contributed by atoms with Gasteiger partial charge in [0.15, 0.2) is 0 Å².